The highest BCUT2D eigenvalue weighted by atomic mass is 32.1. The molecule has 0 aromatic carbocycles. The quantitative estimate of drug-likeness (QED) is 0.798. The Morgan fingerprint density at radius 1 is 1.47 bits per heavy atom. The normalized spacial score (nSPS) is 11.2. The van der Waals surface area contributed by atoms with E-state index in [-0.39, 0.29) is 0 Å². The molecule has 0 bridgehead atoms. The molecule has 2 heterocycles. The van der Waals surface area contributed by atoms with Gasteiger partial charge in [-0.3, -0.25) is 4.98 Å². The summed E-state index contributed by atoms with van der Waals surface area (Å²) in [5, 5.41) is 7.29. The first-order valence-electron chi connectivity index (χ1n) is 5.70. The molecule has 0 aliphatic rings. The molecule has 0 amide bonds. The van der Waals surface area contributed by atoms with Gasteiger partial charge in [0.25, 0.3) is 0 Å². The molecule has 0 radical (unpaired) electrons. The molecule has 6 heteroatoms. The zero-order chi connectivity index (χ0) is 12.1. The lowest BCUT2D eigenvalue weighted by Gasteiger charge is -2.05. The van der Waals surface area contributed by atoms with E-state index in [2.05, 4.69) is 34.3 Å². The zero-order valence-electron chi connectivity index (χ0n) is 10.0. The van der Waals surface area contributed by atoms with Crippen LogP contribution in [0.2, 0.25) is 0 Å². The van der Waals surface area contributed by atoms with Crippen molar-refractivity contribution in [3.63, 3.8) is 0 Å². The molecule has 0 aliphatic heterocycles. The molecule has 0 aliphatic carbocycles. The van der Waals surface area contributed by atoms with Crippen LogP contribution in [0.5, 0.6) is 0 Å². The van der Waals surface area contributed by atoms with Crippen molar-refractivity contribution < 1.29 is 4.52 Å². The molecule has 0 spiro atoms. The molecular formula is C11H16N4OS. The van der Waals surface area contributed by atoms with Crippen LogP contribution in [0.4, 0.5) is 0 Å². The average Bonchev–Trinajstić information content (AvgIpc) is 2.94. The Balaban J connectivity index is 1.83. The number of nitrogens with zero attached hydrogens (tertiary/aromatic N) is 3. The van der Waals surface area contributed by atoms with Gasteiger partial charge in [0.05, 0.1) is 10.4 Å². The number of aryl methyl sites for hydroxylation is 1. The average molecular weight is 252 g/mol. The van der Waals surface area contributed by atoms with Gasteiger partial charge in [-0.2, -0.15) is 4.98 Å². The summed E-state index contributed by atoms with van der Waals surface area (Å²) in [4.78, 5) is 9.27. The number of nitrogens with one attached hydrogen (secondary N) is 1. The number of hydrogen-bond acceptors (Lipinski definition) is 6. The standard InChI is InChI=1S/C11H16N4OS/c1-8(2)13-5-3-4-10-14-11(15-16-10)9-6-12-7-17-9/h6-8,13H,3-5H2,1-2H3. The van der Waals surface area contributed by atoms with Crippen molar-refractivity contribution in [3.05, 3.63) is 17.6 Å². The van der Waals surface area contributed by atoms with Crippen molar-refractivity contribution in [1.29, 1.82) is 0 Å². The highest BCUT2D eigenvalue weighted by molar-refractivity contribution is 7.13. The minimum absolute atomic E-state index is 0.519. The van der Waals surface area contributed by atoms with Gasteiger partial charge in [-0.1, -0.05) is 19.0 Å². The summed E-state index contributed by atoms with van der Waals surface area (Å²) in [6.45, 7) is 5.24. The Labute approximate surface area is 104 Å². The summed E-state index contributed by atoms with van der Waals surface area (Å²) in [6, 6.07) is 0.519. The smallest absolute Gasteiger partial charge is 0.227 e. The highest BCUT2D eigenvalue weighted by Crippen LogP contribution is 2.19. The third-order valence-electron chi connectivity index (χ3n) is 2.24. The van der Waals surface area contributed by atoms with Crippen LogP contribution >= 0.6 is 11.3 Å². The molecule has 2 rings (SSSR count). The summed E-state index contributed by atoms with van der Waals surface area (Å²) >= 11 is 1.51. The Morgan fingerprint density at radius 2 is 2.35 bits per heavy atom. The van der Waals surface area contributed by atoms with Gasteiger partial charge < -0.3 is 9.84 Å². The molecule has 2 aromatic rings. The van der Waals surface area contributed by atoms with Gasteiger partial charge in [-0.15, -0.1) is 11.3 Å². The predicted octanol–water partition coefficient (Wildman–Crippen LogP) is 2.12. The van der Waals surface area contributed by atoms with Crippen molar-refractivity contribution in [1.82, 2.24) is 20.4 Å². The van der Waals surface area contributed by atoms with E-state index in [0.717, 1.165) is 24.3 Å². The Kier molecular flexibility index (Phi) is 4.22. The summed E-state index contributed by atoms with van der Waals surface area (Å²) < 4.78 is 5.19. The van der Waals surface area contributed by atoms with Gasteiger partial charge in [0.15, 0.2) is 0 Å². The van der Waals surface area contributed by atoms with Gasteiger partial charge in [0, 0.05) is 18.7 Å². The third-order valence-corrected chi connectivity index (χ3v) is 3.01. The second-order valence-corrected chi connectivity index (χ2v) is 4.98. The van der Waals surface area contributed by atoms with Crippen molar-refractivity contribution in [2.24, 2.45) is 0 Å². The maximum Gasteiger partial charge on any atom is 0.227 e. The fourth-order valence-corrected chi connectivity index (χ4v) is 1.96. The molecule has 0 unspecified atom stereocenters. The zero-order valence-corrected chi connectivity index (χ0v) is 10.8. The SMILES string of the molecule is CC(C)NCCCc1nc(-c2cncs2)no1. The first-order valence-corrected chi connectivity index (χ1v) is 6.58. The summed E-state index contributed by atoms with van der Waals surface area (Å²) in [7, 11) is 0. The molecule has 0 saturated carbocycles. The van der Waals surface area contributed by atoms with Gasteiger partial charge in [0.1, 0.15) is 0 Å². The Bertz CT molecular complexity index is 438. The lowest BCUT2D eigenvalue weighted by molar-refractivity contribution is 0.374. The van der Waals surface area contributed by atoms with Crippen LogP contribution < -0.4 is 5.32 Å². The van der Waals surface area contributed by atoms with E-state index >= 15 is 0 Å². The van der Waals surface area contributed by atoms with Gasteiger partial charge >= 0.3 is 0 Å². The fourth-order valence-electron chi connectivity index (χ4n) is 1.41. The highest BCUT2D eigenvalue weighted by Gasteiger charge is 2.09. The van der Waals surface area contributed by atoms with E-state index in [0.29, 0.717) is 17.8 Å². The number of hydrogen-bond donors (Lipinski definition) is 1. The Morgan fingerprint density at radius 3 is 3.06 bits per heavy atom. The molecule has 0 saturated heterocycles. The van der Waals surface area contributed by atoms with Gasteiger partial charge in [0.2, 0.25) is 11.7 Å². The van der Waals surface area contributed by atoms with Crippen molar-refractivity contribution in [3.8, 4) is 10.7 Å². The van der Waals surface area contributed by atoms with Crippen LogP contribution in [-0.2, 0) is 6.42 Å². The van der Waals surface area contributed by atoms with Crippen LogP contribution in [0.15, 0.2) is 16.2 Å². The van der Waals surface area contributed by atoms with E-state index < -0.39 is 0 Å². The molecule has 0 fully saturated rings. The molecule has 0 atom stereocenters. The first-order chi connectivity index (χ1) is 8.25. The van der Waals surface area contributed by atoms with Crippen molar-refractivity contribution in [2.75, 3.05) is 6.54 Å². The maximum atomic E-state index is 5.19. The van der Waals surface area contributed by atoms with E-state index in [1.165, 1.54) is 11.3 Å². The minimum Gasteiger partial charge on any atom is -0.339 e. The van der Waals surface area contributed by atoms with Gasteiger partial charge in [-0.05, 0) is 13.0 Å². The number of rotatable bonds is 6. The van der Waals surface area contributed by atoms with Crippen LogP contribution in [-0.4, -0.2) is 27.7 Å². The first kappa shape index (κ1) is 12.2. The van der Waals surface area contributed by atoms with Crippen molar-refractivity contribution >= 4 is 11.3 Å². The lowest BCUT2D eigenvalue weighted by Crippen LogP contribution is -2.23. The number of aromatic nitrogens is 3. The van der Waals surface area contributed by atoms with Crippen LogP contribution in [0, 0.1) is 0 Å². The lowest BCUT2D eigenvalue weighted by atomic mass is 10.3. The molecule has 1 N–H and O–H groups in total. The van der Waals surface area contributed by atoms with Crippen LogP contribution in [0.1, 0.15) is 26.2 Å². The third kappa shape index (κ3) is 3.61. The van der Waals surface area contributed by atoms with E-state index in [1.807, 2.05) is 0 Å². The Hall–Kier alpha value is -1.27. The van der Waals surface area contributed by atoms with Crippen LogP contribution in [0.25, 0.3) is 10.7 Å². The fraction of sp³-hybridized carbons (Fsp3) is 0.545. The number of thiazole rings is 1. The van der Waals surface area contributed by atoms with Crippen molar-refractivity contribution in [2.45, 2.75) is 32.7 Å². The monoisotopic (exact) mass is 252 g/mol. The molecule has 92 valence electrons. The minimum atomic E-state index is 0.519. The molecular weight excluding hydrogens is 236 g/mol. The summed E-state index contributed by atoms with van der Waals surface area (Å²) in [5.74, 6) is 1.33. The largest absolute Gasteiger partial charge is 0.339 e. The molecule has 5 nitrogen and oxygen atoms in total. The molecule has 17 heavy (non-hydrogen) atoms. The van der Waals surface area contributed by atoms with Crippen LogP contribution in [0.3, 0.4) is 0 Å². The van der Waals surface area contributed by atoms with E-state index in [4.69, 9.17) is 4.52 Å². The van der Waals surface area contributed by atoms with E-state index in [1.54, 1.807) is 11.7 Å². The topological polar surface area (TPSA) is 63.8 Å². The summed E-state index contributed by atoms with van der Waals surface area (Å²) in [6.07, 6.45) is 3.56. The summed E-state index contributed by atoms with van der Waals surface area (Å²) in [5.41, 5.74) is 1.76. The van der Waals surface area contributed by atoms with E-state index in [9.17, 15) is 0 Å². The molecule has 2 aromatic heterocycles. The second kappa shape index (κ2) is 5.88. The predicted molar refractivity (Wildman–Crippen MR) is 66.9 cm³/mol. The van der Waals surface area contributed by atoms with Gasteiger partial charge in [-0.25, -0.2) is 0 Å². The second-order valence-electron chi connectivity index (χ2n) is 4.09. The maximum absolute atomic E-state index is 5.19.